The molecule has 0 unspecified atom stereocenters. The molecule has 0 spiro atoms. The lowest BCUT2D eigenvalue weighted by Gasteiger charge is -2.29. The summed E-state index contributed by atoms with van der Waals surface area (Å²) in [5.41, 5.74) is 0.111. The molecule has 1 amide bonds. The van der Waals surface area contributed by atoms with Crippen molar-refractivity contribution in [3.05, 3.63) is 0 Å². The van der Waals surface area contributed by atoms with E-state index in [0.717, 1.165) is 26.1 Å². The number of likely N-dealkylation sites (tertiary alicyclic amines) is 1. The molecule has 1 aliphatic rings. The number of rotatable bonds is 5. The van der Waals surface area contributed by atoms with E-state index in [2.05, 4.69) is 13.8 Å². The van der Waals surface area contributed by atoms with Crippen LogP contribution in [0.1, 0.15) is 46.0 Å². The molecule has 0 N–H and O–H groups in total. The van der Waals surface area contributed by atoms with Gasteiger partial charge >= 0.3 is 0 Å². The van der Waals surface area contributed by atoms with Gasteiger partial charge in [0.1, 0.15) is 0 Å². The van der Waals surface area contributed by atoms with Crippen LogP contribution in [0.3, 0.4) is 0 Å². The Hall–Kier alpha value is -0.570. The van der Waals surface area contributed by atoms with Crippen molar-refractivity contribution in [2.45, 2.75) is 46.0 Å². The molecule has 3 heteroatoms. The first-order chi connectivity index (χ1) is 7.55. The SMILES string of the molecule is COCC(C)(C)CCC(=O)N1CCCCC1. The minimum atomic E-state index is 0.111. The fourth-order valence-corrected chi connectivity index (χ4v) is 2.21. The Kier molecular flexibility index (Phi) is 5.26. The molecule has 3 nitrogen and oxygen atoms in total. The highest BCUT2D eigenvalue weighted by Gasteiger charge is 2.22. The summed E-state index contributed by atoms with van der Waals surface area (Å²) in [6.45, 7) is 6.95. The maximum absolute atomic E-state index is 11.9. The van der Waals surface area contributed by atoms with E-state index < -0.39 is 0 Å². The number of ether oxygens (including phenoxy) is 1. The number of carbonyl (C=O) groups excluding carboxylic acids is 1. The average molecular weight is 227 g/mol. The third kappa shape index (κ3) is 4.52. The van der Waals surface area contributed by atoms with Crippen molar-refractivity contribution >= 4 is 5.91 Å². The Morgan fingerprint density at radius 3 is 2.44 bits per heavy atom. The number of piperidine rings is 1. The molecule has 0 aliphatic carbocycles. The van der Waals surface area contributed by atoms with Gasteiger partial charge in [-0.2, -0.15) is 0 Å². The first-order valence-electron chi connectivity index (χ1n) is 6.32. The van der Waals surface area contributed by atoms with Crippen LogP contribution in [-0.2, 0) is 9.53 Å². The van der Waals surface area contributed by atoms with E-state index in [1.54, 1.807) is 7.11 Å². The fourth-order valence-electron chi connectivity index (χ4n) is 2.21. The zero-order chi connectivity index (χ0) is 12.0. The molecule has 0 atom stereocenters. The Morgan fingerprint density at radius 1 is 1.25 bits per heavy atom. The first kappa shape index (κ1) is 13.5. The van der Waals surface area contributed by atoms with Gasteiger partial charge in [-0.1, -0.05) is 13.8 Å². The highest BCUT2D eigenvalue weighted by atomic mass is 16.5. The Labute approximate surface area is 99.1 Å². The summed E-state index contributed by atoms with van der Waals surface area (Å²) in [5, 5.41) is 0. The van der Waals surface area contributed by atoms with E-state index in [1.807, 2.05) is 4.90 Å². The molecule has 1 rings (SSSR count). The van der Waals surface area contributed by atoms with Gasteiger partial charge in [-0.3, -0.25) is 4.79 Å². The van der Waals surface area contributed by atoms with Crippen LogP contribution in [-0.4, -0.2) is 37.6 Å². The van der Waals surface area contributed by atoms with Crippen LogP contribution in [0.4, 0.5) is 0 Å². The quantitative estimate of drug-likeness (QED) is 0.722. The maximum Gasteiger partial charge on any atom is 0.222 e. The Balaban J connectivity index is 2.28. The lowest BCUT2D eigenvalue weighted by Crippen LogP contribution is -2.36. The predicted octanol–water partition coefficient (Wildman–Crippen LogP) is 2.45. The molecule has 0 aromatic rings. The lowest BCUT2D eigenvalue weighted by atomic mass is 9.88. The summed E-state index contributed by atoms with van der Waals surface area (Å²) in [4.78, 5) is 14.0. The van der Waals surface area contributed by atoms with Gasteiger partial charge in [-0.05, 0) is 31.1 Å². The van der Waals surface area contributed by atoms with Gasteiger partial charge in [0.15, 0.2) is 0 Å². The normalized spacial score (nSPS) is 17.6. The van der Waals surface area contributed by atoms with E-state index in [4.69, 9.17) is 4.74 Å². The van der Waals surface area contributed by atoms with Gasteiger partial charge in [-0.15, -0.1) is 0 Å². The minimum absolute atomic E-state index is 0.111. The summed E-state index contributed by atoms with van der Waals surface area (Å²) >= 11 is 0. The number of amides is 1. The van der Waals surface area contributed by atoms with Gasteiger partial charge < -0.3 is 9.64 Å². The molecule has 0 radical (unpaired) electrons. The maximum atomic E-state index is 11.9. The second-order valence-corrected chi connectivity index (χ2v) is 5.54. The Bertz CT molecular complexity index is 220. The molecule has 1 fully saturated rings. The zero-order valence-corrected chi connectivity index (χ0v) is 10.9. The second kappa shape index (κ2) is 6.24. The molecule has 1 saturated heterocycles. The van der Waals surface area contributed by atoms with E-state index in [0.29, 0.717) is 12.3 Å². The highest BCUT2D eigenvalue weighted by Crippen LogP contribution is 2.23. The number of methoxy groups -OCH3 is 1. The van der Waals surface area contributed by atoms with Crippen LogP contribution in [0.5, 0.6) is 0 Å². The van der Waals surface area contributed by atoms with Crippen molar-refractivity contribution in [3.8, 4) is 0 Å². The van der Waals surface area contributed by atoms with E-state index in [-0.39, 0.29) is 5.41 Å². The van der Waals surface area contributed by atoms with Crippen molar-refractivity contribution in [3.63, 3.8) is 0 Å². The lowest BCUT2D eigenvalue weighted by molar-refractivity contribution is -0.132. The van der Waals surface area contributed by atoms with Crippen LogP contribution in [0, 0.1) is 5.41 Å². The highest BCUT2D eigenvalue weighted by molar-refractivity contribution is 5.76. The summed E-state index contributed by atoms with van der Waals surface area (Å²) in [6.07, 6.45) is 5.20. The summed E-state index contributed by atoms with van der Waals surface area (Å²) < 4.78 is 5.16. The molecular formula is C13H25NO2. The number of hydrogen-bond donors (Lipinski definition) is 0. The summed E-state index contributed by atoms with van der Waals surface area (Å²) in [7, 11) is 1.72. The van der Waals surface area contributed by atoms with Crippen LogP contribution < -0.4 is 0 Å². The molecule has 1 aliphatic heterocycles. The van der Waals surface area contributed by atoms with Gasteiger partial charge in [0.25, 0.3) is 0 Å². The first-order valence-corrected chi connectivity index (χ1v) is 6.32. The van der Waals surface area contributed by atoms with Crippen molar-refractivity contribution < 1.29 is 9.53 Å². The van der Waals surface area contributed by atoms with Crippen LogP contribution >= 0.6 is 0 Å². The van der Waals surface area contributed by atoms with E-state index in [1.165, 1.54) is 19.3 Å². The molecule has 16 heavy (non-hydrogen) atoms. The van der Waals surface area contributed by atoms with E-state index in [9.17, 15) is 4.79 Å². The standard InChI is InChI=1S/C13H25NO2/c1-13(2,11-16-3)8-7-12(15)14-9-5-4-6-10-14/h4-11H2,1-3H3. The van der Waals surface area contributed by atoms with Gasteiger partial charge in [0.05, 0.1) is 6.61 Å². The molecule has 94 valence electrons. The van der Waals surface area contributed by atoms with Crippen molar-refractivity contribution in [1.29, 1.82) is 0 Å². The smallest absolute Gasteiger partial charge is 0.222 e. The van der Waals surface area contributed by atoms with Gasteiger partial charge in [0.2, 0.25) is 5.91 Å². The topological polar surface area (TPSA) is 29.5 Å². The molecule has 0 aromatic carbocycles. The minimum Gasteiger partial charge on any atom is -0.384 e. The zero-order valence-electron chi connectivity index (χ0n) is 10.9. The molecule has 0 aromatic heterocycles. The summed E-state index contributed by atoms with van der Waals surface area (Å²) in [6, 6.07) is 0. The molecular weight excluding hydrogens is 202 g/mol. The fraction of sp³-hybridized carbons (Fsp3) is 0.923. The number of hydrogen-bond acceptors (Lipinski definition) is 2. The summed E-state index contributed by atoms with van der Waals surface area (Å²) in [5.74, 6) is 0.323. The van der Waals surface area contributed by atoms with Crippen LogP contribution in [0.15, 0.2) is 0 Å². The third-order valence-corrected chi connectivity index (χ3v) is 3.26. The van der Waals surface area contributed by atoms with Crippen molar-refractivity contribution in [2.24, 2.45) is 5.41 Å². The van der Waals surface area contributed by atoms with Crippen LogP contribution in [0.2, 0.25) is 0 Å². The van der Waals surface area contributed by atoms with Crippen LogP contribution in [0.25, 0.3) is 0 Å². The number of nitrogens with zero attached hydrogens (tertiary/aromatic N) is 1. The molecule has 0 saturated carbocycles. The van der Waals surface area contributed by atoms with Gasteiger partial charge in [-0.25, -0.2) is 0 Å². The Morgan fingerprint density at radius 2 is 1.88 bits per heavy atom. The predicted molar refractivity (Wildman–Crippen MR) is 65.3 cm³/mol. The third-order valence-electron chi connectivity index (χ3n) is 3.26. The van der Waals surface area contributed by atoms with Gasteiger partial charge in [0, 0.05) is 26.6 Å². The second-order valence-electron chi connectivity index (χ2n) is 5.54. The van der Waals surface area contributed by atoms with Crippen molar-refractivity contribution in [2.75, 3.05) is 26.8 Å². The monoisotopic (exact) mass is 227 g/mol. The van der Waals surface area contributed by atoms with E-state index >= 15 is 0 Å². The largest absolute Gasteiger partial charge is 0.384 e. The molecule has 1 heterocycles. The van der Waals surface area contributed by atoms with Crippen molar-refractivity contribution in [1.82, 2.24) is 4.90 Å². The average Bonchev–Trinajstić information content (AvgIpc) is 2.27. The number of carbonyl (C=O) groups is 1. The molecule has 0 bridgehead atoms.